The molecule has 0 radical (unpaired) electrons. The fourth-order valence-electron chi connectivity index (χ4n) is 2.49. The van der Waals surface area contributed by atoms with Gasteiger partial charge in [-0.15, -0.1) is 11.3 Å². The molecule has 0 saturated heterocycles. The number of carbonyl (C=O) groups excluding carboxylic acids is 1. The summed E-state index contributed by atoms with van der Waals surface area (Å²) >= 11 is 1.68. The monoisotopic (exact) mass is 318 g/mol. The molecule has 0 saturated carbocycles. The second-order valence-corrected chi connectivity index (χ2v) is 6.54. The Kier molecular flexibility index (Phi) is 5.32. The lowest BCUT2D eigenvalue weighted by molar-refractivity contribution is -0.131. The van der Waals surface area contributed by atoms with E-state index in [9.17, 15) is 4.79 Å². The van der Waals surface area contributed by atoms with Gasteiger partial charge in [0.25, 0.3) is 0 Å². The molecule has 1 aromatic heterocycles. The van der Waals surface area contributed by atoms with Crippen molar-refractivity contribution in [3.63, 3.8) is 0 Å². The van der Waals surface area contributed by atoms with E-state index < -0.39 is 0 Å². The maximum Gasteiger partial charge on any atom is 0.308 e. The van der Waals surface area contributed by atoms with Crippen LogP contribution in [0.2, 0.25) is 0 Å². The second kappa shape index (κ2) is 7.03. The number of aromatic nitrogens is 1. The smallest absolute Gasteiger partial charge is 0.308 e. The van der Waals surface area contributed by atoms with Gasteiger partial charge in [-0.25, -0.2) is 4.98 Å². The lowest BCUT2D eigenvalue weighted by Gasteiger charge is -2.23. The molecule has 2 aromatic rings. The van der Waals surface area contributed by atoms with Gasteiger partial charge < -0.3 is 4.74 Å². The topological polar surface area (TPSA) is 42.4 Å². The third kappa shape index (κ3) is 3.93. The van der Waals surface area contributed by atoms with Crippen LogP contribution in [0, 0.1) is 13.8 Å². The fraction of sp³-hybridized carbons (Fsp3) is 0.412. The molecule has 1 atom stereocenters. The Morgan fingerprint density at radius 1 is 1.36 bits per heavy atom. The minimum atomic E-state index is -0.284. The van der Waals surface area contributed by atoms with E-state index in [0.29, 0.717) is 5.75 Å². The molecule has 0 spiro atoms. The first-order valence-electron chi connectivity index (χ1n) is 7.26. The van der Waals surface area contributed by atoms with Gasteiger partial charge in [0.15, 0.2) is 0 Å². The molecular weight excluding hydrogens is 296 g/mol. The third-order valence-electron chi connectivity index (χ3n) is 3.67. The molecule has 0 N–H and O–H groups in total. The SMILES string of the molecule is CC(=O)Oc1c(C)cc(CN(C)C(C)c2nccs2)cc1C. The maximum absolute atomic E-state index is 11.2. The van der Waals surface area contributed by atoms with Gasteiger partial charge in [-0.3, -0.25) is 9.69 Å². The first-order valence-corrected chi connectivity index (χ1v) is 8.14. The van der Waals surface area contributed by atoms with Crippen molar-refractivity contribution in [2.75, 3.05) is 7.05 Å². The molecule has 0 amide bonds. The number of esters is 1. The minimum Gasteiger partial charge on any atom is -0.426 e. The van der Waals surface area contributed by atoms with Crippen LogP contribution in [0.1, 0.15) is 41.6 Å². The van der Waals surface area contributed by atoms with Crippen LogP contribution in [-0.2, 0) is 11.3 Å². The van der Waals surface area contributed by atoms with Crippen LogP contribution in [0.5, 0.6) is 5.75 Å². The zero-order valence-electron chi connectivity index (χ0n) is 13.7. The van der Waals surface area contributed by atoms with Crippen molar-refractivity contribution in [2.45, 2.75) is 40.3 Å². The summed E-state index contributed by atoms with van der Waals surface area (Å²) < 4.78 is 5.28. The molecule has 4 nitrogen and oxygen atoms in total. The van der Waals surface area contributed by atoms with Crippen LogP contribution in [0.15, 0.2) is 23.7 Å². The molecule has 0 aliphatic heterocycles. The van der Waals surface area contributed by atoms with Crippen LogP contribution >= 0.6 is 11.3 Å². The van der Waals surface area contributed by atoms with E-state index in [0.717, 1.165) is 22.7 Å². The van der Waals surface area contributed by atoms with Crippen molar-refractivity contribution in [3.8, 4) is 5.75 Å². The standard InChI is InChI=1S/C17H22N2O2S/c1-11-8-15(9-12(2)16(11)21-14(4)20)10-19(5)13(3)17-18-6-7-22-17/h6-9,13H,10H2,1-5H3. The van der Waals surface area contributed by atoms with Crippen LogP contribution in [0.4, 0.5) is 0 Å². The van der Waals surface area contributed by atoms with Gasteiger partial charge >= 0.3 is 5.97 Å². The van der Waals surface area contributed by atoms with E-state index >= 15 is 0 Å². The van der Waals surface area contributed by atoms with Gasteiger partial charge in [0.05, 0.1) is 6.04 Å². The number of hydrogen-bond acceptors (Lipinski definition) is 5. The van der Waals surface area contributed by atoms with E-state index in [1.54, 1.807) is 11.3 Å². The molecule has 1 aromatic carbocycles. The van der Waals surface area contributed by atoms with Gasteiger partial charge in [-0.1, -0.05) is 12.1 Å². The molecule has 1 heterocycles. The van der Waals surface area contributed by atoms with Crippen LogP contribution in [0.25, 0.3) is 0 Å². The summed E-state index contributed by atoms with van der Waals surface area (Å²) in [6.45, 7) is 8.35. The third-order valence-corrected chi connectivity index (χ3v) is 4.61. The van der Waals surface area contributed by atoms with Gasteiger partial charge in [0, 0.05) is 25.0 Å². The average Bonchev–Trinajstić information content (AvgIpc) is 2.95. The first kappa shape index (κ1) is 16.6. The molecule has 22 heavy (non-hydrogen) atoms. The fourth-order valence-corrected chi connectivity index (χ4v) is 3.25. The van der Waals surface area contributed by atoms with E-state index in [2.05, 4.69) is 36.0 Å². The number of thiazole rings is 1. The number of aryl methyl sites for hydroxylation is 2. The molecule has 5 heteroatoms. The Balaban J connectivity index is 2.15. The molecule has 118 valence electrons. The highest BCUT2D eigenvalue weighted by Crippen LogP contribution is 2.27. The van der Waals surface area contributed by atoms with Crippen LogP contribution < -0.4 is 4.74 Å². The Morgan fingerprint density at radius 3 is 2.50 bits per heavy atom. The minimum absolute atomic E-state index is 0.272. The predicted octanol–water partition coefficient (Wildman–Crippen LogP) is 3.88. The van der Waals surface area contributed by atoms with Crippen molar-refractivity contribution >= 4 is 17.3 Å². The lowest BCUT2D eigenvalue weighted by atomic mass is 10.0. The quantitative estimate of drug-likeness (QED) is 0.620. The van der Waals surface area contributed by atoms with Crippen LogP contribution in [0.3, 0.4) is 0 Å². The van der Waals surface area contributed by atoms with E-state index in [1.165, 1.54) is 12.5 Å². The molecule has 0 fully saturated rings. The zero-order valence-corrected chi connectivity index (χ0v) is 14.5. The number of ether oxygens (including phenoxy) is 1. The molecule has 0 aliphatic carbocycles. The Hall–Kier alpha value is -1.72. The highest BCUT2D eigenvalue weighted by molar-refractivity contribution is 7.09. The number of hydrogen-bond donors (Lipinski definition) is 0. The van der Waals surface area contributed by atoms with Gasteiger partial charge in [-0.2, -0.15) is 0 Å². The van der Waals surface area contributed by atoms with Crippen molar-refractivity contribution in [1.29, 1.82) is 0 Å². The normalized spacial score (nSPS) is 12.5. The zero-order chi connectivity index (χ0) is 16.3. The molecular formula is C17H22N2O2S. The van der Waals surface area contributed by atoms with E-state index in [4.69, 9.17) is 4.74 Å². The van der Waals surface area contributed by atoms with Crippen molar-refractivity contribution in [2.24, 2.45) is 0 Å². The predicted molar refractivity (Wildman–Crippen MR) is 89.2 cm³/mol. The number of carbonyl (C=O) groups is 1. The average molecular weight is 318 g/mol. The molecule has 2 rings (SSSR count). The summed E-state index contributed by atoms with van der Waals surface area (Å²) in [5.41, 5.74) is 3.18. The lowest BCUT2D eigenvalue weighted by Crippen LogP contribution is -2.22. The Labute approximate surface area is 135 Å². The molecule has 1 unspecified atom stereocenters. The maximum atomic E-state index is 11.2. The van der Waals surface area contributed by atoms with E-state index in [1.807, 2.05) is 25.4 Å². The number of benzene rings is 1. The summed E-state index contributed by atoms with van der Waals surface area (Å²) in [7, 11) is 2.09. The first-order chi connectivity index (χ1) is 10.4. The summed E-state index contributed by atoms with van der Waals surface area (Å²) in [6.07, 6.45) is 1.84. The summed E-state index contributed by atoms with van der Waals surface area (Å²) in [5, 5.41) is 3.12. The van der Waals surface area contributed by atoms with Crippen molar-refractivity contribution in [3.05, 3.63) is 45.4 Å². The number of rotatable bonds is 5. The van der Waals surface area contributed by atoms with Crippen LogP contribution in [-0.4, -0.2) is 22.9 Å². The Bertz CT molecular complexity index is 630. The summed E-state index contributed by atoms with van der Waals surface area (Å²) in [6, 6.07) is 4.43. The second-order valence-electron chi connectivity index (χ2n) is 5.61. The summed E-state index contributed by atoms with van der Waals surface area (Å²) in [5.74, 6) is 0.389. The Morgan fingerprint density at radius 2 is 2.00 bits per heavy atom. The van der Waals surface area contributed by atoms with Gasteiger partial charge in [0.1, 0.15) is 10.8 Å². The highest BCUT2D eigenvalue weighted by atomic mass is 32.1. The number of nitrogens with zero attached hydrogens (tertiary/aromatic N) is 2. The molecule has 0 bridgehead atoms. The van der Waals surface area contributed by atoms with E-state index in [-0.39, 0.29) is 12.0 Å². The van der Waals surface area contributed by atoms with Gasteiger partial charge in [-0.05, 0) is 44.5 Å². The van der Waals surface area contributed by atoms with Crippen molar-refractivity contribution in [1.82, 2.24) is 9.88 Å². The highest BCUT2D eigenvalue weighted by Gasteiger charge is 2.16. The van der Waals surface area contributed by atoms with Crippen molar-refractivity contribution < 1.29 is 9.53 Å². The largest absolute Gasteiger partial charge is 0.426 e. The molecule has 0 aliphatic rings. The summed E-state index contributed by atoms with van der Waals surface area (Å²) in [4.78, 5) is 17.8. The van der Waals surface area contributed by atoms with Gasteiger partial charge in [0.2, 0.25) is 0 Å².